The van der Waals surface area contributed by atoms with Crippen molar-refractivity contribution in [3.8, 4) is 11.5 Å². The van der Waals surface area contributed by atoms with Crippen molar-refractivity contribution in [2.45, 2.75) is 6.92 Å². The molecule has 2 rings (SSSR count). The van der Waals surface area contributed by atoms with Crippen molar-refractivity contribution in [2.75, 3.05) is 14.2 Å². The number of rotatable bonds is 4. The number of hydrogen-bond donors (Lipinski definition) is 0. The molecule has 5 nitrogen and oxygen atoms in total. The van der Waals surface area contributed by atoms with Crippen LogP contribution in [0, 0.1) is 12.7 Å². The third-order valence-corrected chi connectivity index (χ3v) is 3.26. The summed E-state index contributed by atoms with van der Waals surface area (Å²) in [6.45, 7) is 1.65. The lowest BCUT2D eigenvalue weighted by Crippen LogP contribution is -2.14. The van der Waals surface area contributed by atoms with Crippen molar-refractivity contribution in [2.24, 2.45) is 0 Å². The second kappa shape index (κ2) is 6.91. The monoisotopic (exact) mass is 318 g/mol. The van der Waals surface area contributed by atoms with Gasteiger partial charge in [-0.1, -0.05) is 0 Å². The van der Waals surface area contributed by atoms with Gasteiger partial charge in [0.05, 0.1) is 19.8 Å². The highest BCUT2D eigenvalue weighted by Gasteiger charge is 2.21. The Balaban J connectivity index is 2.42. The zero-order chi connectivity index (χ0) is 17.0. The summed E-state index contributed by atoms with van der Waals surface area (Å²) in [6.07, 6.45) is 0. The van der Waals surface area contributed by atoms with E-state index in [1.807, 2.05) is 0 Å². The number of halogens is 1. The van der Waals surface area contributed by atoms with E-state index in [1.54, 1.807) is 13.0 Å². The van der Waals surface area contributed by atoms with Crippen LogP contribution >= 0.6 is 0 Å². The summed E-state index contributed by atoms with van der Waals surface area (Å²) in [5.74, 6) is -1.32. The van der Waals surface area contributed by atoms with Crippen LogP contribution in [0.5, 0.6) is 11.5 Å². The molecular formula is C17H15FO5. The van der Waals surface area contributed by atoms with Gasteiger partial charge in [0.25, 0.3) is 0 Å². The maximum Gasteiger partial charge on any atom is 0.343 e. The Bertz CT molecular complexity index is 737. The molecule has 0 unspecified atom stereocenters. The Morgan fingerprint density at radius 3 is 2.17 bits per heavy atom. The minimum atomic E-state index is -0.716. The Morgan fingerprint density at radius 2 is 1.61 bits per heavy atom. The van der Waals surface area contributed by atoms with Gasteiger partial charge in [0.15, 0.2) is 5.75 Å². The number of ether oxygens (including phenoxy) is 3. The highest BCUT2D eigenvalue weighted by Crippen LogP contribution is 2.32. The fourth-order valence-electron chi connectivity index (χ4n) is 2.03. The molecule has 2 aromatic carbocycles. The maximum atomic E-state index is 12.9. The first-order valence-corrected chi connectivity index (χ1v) is 6.71. The molecule has 0 radical (unpaired) electrons. The van der Waals surface area contributed by atoms with Crippen LogP contribution in [0.25, 0.3) is 0 Å². The molecular weight excluding hydrogens is 303 g/mol. The maximum absolute atomic E-state index is 12.9. The number of benzene rings is 2. The normalized spacial score (nSPS) is 10.1. The summed E-state index contributed by atoms with van der Waals surface area (Å²) < 4.78 is 28.1. The average molecular weight is 318 g/mol. The van der Waals surface area contributed by atoms with Crippen LogP contribution in [0.2, 0.25) is 0 Å². The van der Waals surface area contributed by atoms with Crippen LogP contribution in [0.3, 0.4) is 0 Å². The van der Waals surface area contributed by atoms with E-state index < -0.39 is 17.8 Å². The molecule has 0 N–H and O–H groups in total. The Labute approximate surface area is 132 Å². The van der Waals surface area contributed by atoms with Gasteiger partial charge in [-0.05, 0) is 43.3 Å². The SMILES string of the molecule is COC(=O)c1ccc(OC)c(C)c1OC(=O)c1ccc(F)cc1. The highest BCUT2D eigenvalue weighted by molar-refractivity contribution is 5.97. The fourth-order valence-corrected chi connectivity index (χ4v) is 2.03. The molecule has 0 aliphatic rings. The summed E-state index contributed by atoms with van der Waals surface area (Å²) in [5, 5.41) is 0. The second-order valence-electron chi connectivity index (χ2n) is 4.66. The highest BCUT2D eigenvalue weighted by atomic mass is 19.1. The van der Waals surface area contributed by atoms with Crippen molar-refractivity contribution >= 4 is 11.9 Å². The molecule has 6 heteroatoms. The molecule has 0 saturated carbocycles. The second-order valence-corrected chi connectivity index (χ2v) is 4.66. The summed E-state index contributed by atoms with van der Waals surface area (Å²) in [4.78, 5) is 24.0. The summed E-state index contributed by atoms with van der Waals surface area (Å²) in [5.41, 5.74) is 0.733. The number of esters is 2. The molecule has 0 heterocycles. The van der Waals surface area contributed by atoms with E-state index in [0.29, 0.717) is 11.3 Å². The lowest BCUT2D eigenvalue weighted by atomic mass is 10.1. The molecule has 0 spiro atoms. The van der Waals surface area contributed by atoms with Crippen molar-refractivity contribution in [3.63, 3.8) is 0 Å². The first-order valence-electron chi connectivity index (χ1n) is 6.71. The third kappa shape index (κ3) is 3.48. The Kier molecular flexibility index (Phi) is 4.95. The van der Waals surface area contributed by atoms with Crippen LogP contribution in [0.4, 0.5) is 4.39 Å². The first kappa shape index (κ1) is 16.5. The van der Waals surface area contributed by atoms with Crippen LogP contribution in [0.15, 0.2) is 36.4 Å². The van der Waals surface area contributed by atoms with Crippen molar-refractivity contribution in [1.82, 2.24) is 0 Å². The van der Waals surface area contributed by atoms with Gasteiger partial charge in [-0.15, -0.1) is 0 Å². The van der Waals surface area contributed by atoms with Crippen LogP contribution in [0.1, 0.15) is 26.3 Å². The van der Waals surface area contributed by atoms with Gasteiger partial charge in [0, 0.05) is 5.56 Å². The molecule has 0 atom stereocenters. The molecule has 0 saturated heterocycles. The molecule has 0 aromatic heterocycles. The standard InChI is InChI=1S/C17H15FO5/c1-10-14(21-2)9-8-13(17(20)22-3)15(10)23-16(19)11-4-6-12(18)7-5-11/h4-9H,1-3H3. The third-order valence-electron chi connectivity index (χ3n) is 3.26. The molecule has 120 valence electrons. The number of carbonyl (C=O) groups is 2. The van der Waals surface area contributed by atoms with E-state index in [9.17, 15) is 14.0 Å². The zero-order valence-electron chi connectivity index (χ0n) is 12.9. The lowest BCUT2D eigenvalue weighted by molar-refractivity contribution is 0.0592. The summed E-state index contributed by atoms with van der Waals surface area (Å²) in [6, 6.07) is 7.92. The van der Waals surface area contributed by atoms with Crippen molar-refractivity contribution < 1.29 is 28.2 Å². The van der Waals surface area contributed by atoms with E-state index in [2.05, 4.69) is 4.74 Å². The molecule has 0 bridgehead atoms. The molecule has 0 aliphatic carbocycles. The molecule has 0 fully saturated rings. The first-order chi connectivity index (χ1) is 11.0. The smallest absolute Gasteiger partial charge is 0.343 e. The topological polar surface area (TPSA) is 61.8 Å². The van der Waals surface area contributed by atoms with E-state index in [-0.39, 0.29) is 16.9 Å². The molecule has 0 amide bonds. The van der Waals surface area contributed by atoms with E-state index in [1.165, 1.54) is 32.4 Å². The average Bonchev–Trinajstić information content (AvgIpc) is 2.56. The van der Waals surface area contributed by atoms with Gasteiger partial charge in [0.2, 0.25) is 0 Å². The van der Waals surface area contributed by atoms with Gasteiger partial charge < -0.3 is 14.2 Å². The molecule has 0 aliphatic heterocycles. The van der Waals surface area contributed by atoms with Crippen molar-refractivity contribution in [3.05, 3.63) is 58.9 Å². The Morgan fingerprint density at radius 1 is 0.957 bits per heavy atom. The van der Waals surface area contributed by atoms with Gasteiger partial charge in [0.1, 0.15) is 17.1 Å². The number of carbonyl (C=O) groups excluding carboxylic acids is 2. The zero-order valence-corrected chi connectivity index (χ0v) is 12.9. The van der Waals surface area contributed by atoms with E-state index in [0.717, 1.165) is 12.1 Å². The Hall–Kier alpha value is -2.89. The van der Waals surface area contributed by atoms with Gasteiger partial charge in [-0.2, -0.15) is 0 Å². The van der Waals surface area contributed by atoms with E-state index >= 15 is 0 Å². The predicted molar refractivity (Wildman–Crippen MR) is 80.4 cm³/mol. The molecule has 23 heavy (non-hydrogen) atoms. The van der Waals surface area contributed by atoms with Gasteiger partial charge in [-0.25, -0.2) is 14.0 Å². The lowest BCUT2D eigenvalue weighted by Gasteiger charge is -2.14. The fraction of sp³-hybridized carbons (Fsp3) is 0.176. The van der Waals surface area contributed by atoms with Gasteiger partial charge in [-0.3, -0.25) is 0 Å². The minimum absolute atomic E-state index is 0.0468. The quantitative estimate of drug-likeness (QED) is 0.640. The van der Waals surface area contributed by atoms with Gasteiger partial charge >= 0.3 is 11.9 Å². The summed E-state index contributed by atoms with van der Waals surface area (Å²) in [7, 11) is 2.69. The van der Waals surface area contributed by atoms with Crippen LogP contribution in [-0.4, -0.2) is 26.2 Å². The number of hydrogen-bond acceptors (Lipinski definition) is 5. The van der Waals surface area contributed by atoms with Crippen molar-refractivity contribution in [1.29, 1.82) is 0 Å². The number of methoxy groups -OCH3 is 2. The molecule has 2 aromatic rings. The minimum Gasteiger partial charge on any atom is -0.496 e. The van der Waals surface area contributed by atoms with Crippen LogP contribution < -0.4 is 9.47 Å². The van der Waals surface area contributed by atoms with Crippen LogP contribution in [-0.2, 0) is 4.74 Å². The van der Waals surface area contributed by atoms with E-state index in [4.69, 9.17) is 9.47 Å². The predicted octanol–water partition coefficient (Wildman–Crippen LogP) is 3.15. The largest absolute Gasteiger partial charge is 0.496 e. The summed E-state index contributed by atoms with van der Waals surface area (Å²) >= 11 is 0.